The predicted octanol–water partition coefficient (Wildman–Crippen LogP) is 0.706. The number of anilines is 1. The summed E-state index contributed by atoms with van der Waals surface area (Å²) in [6, 6.07) is 0.212. The van der Waals surface area contributed by atoms with Crippen molar-refractivity contribution >= 4 is 11.9 Å². The molecule has 92 valence electrons. The Labute approximate surface area is 99.2 Å². The van der Waals surface area contributed by atoms with Crippen molar-refractivity contribution in [2.45, 2.75) is 26.2 Å². The van der Waals surface area contributed by atoms with Crippen LogP contribution in [0.4, 0.5) is 6.01 Å². The Hall–Kier alpha value is -1.43. The van der Waals surface area contributed by atoms with Gasteiger partial charge in [-0.1, -0.05) is 5.10 Å². The van der Waals surface area contributed by atoms with Gasteiger partial charge in [-0.3, -0.25) is 10.1 Å². The van der Waals surface area contributed by atoms with E-state index in [1.807, 2.05) is 0 Å². The number of carbonyl (C=O) groups excluding carboxylic acids is 1. The first-order valence-electron chi connectivity index (χ1n) is 6.01. The standard InChI is InChI=1S/C11H16N4O2/c1-7-14-15-10(17-7)13-9(16)8-6-11(8)2-4-12-5-3-11/h8,12H,2-6H2,1H3,(H,13,15,16). The Morgan fingerprint density at radius 1 is 1.47 bits per heavy atom. The second-order valence-electron chi connectivity index (χ2n) is 4.98. The molecule has 0 radical (unpaired) electrons. The van der Waals surface area contributed by atoms with Crippen molar-refractivity contribution in [1.82, 2.24) is 15.5 Å². The maximum atomic E-state index is 12.0. The zero-order valence-corrected chi connectivity index (χ0v) is 9.82. The van der Waals surface area contributed by atoms with Crippen LogP contribution in [0, 0.1) is 18.3 Å². The molecule has 1 unspecified atom stereocenters. The van der Waals surface area contributed by atoms with E-state index >= 15 is 0 Å². The van der Waals surface area contributed by atoms with E-state index in [0.29, 0.717) is 5.89 Å². The molecule has 2 aliphatic rings. The van der Waals surface area contributed by atoms with Crippen LogP contribution < -0.4 is 10.6 Å². The number of piperidine rings is 1. The third kappa shape index (κ3) is 1.93. The summed E-state index contributed by atoms with van der Waals surface area (Å²) in [6.07, 6.45) is 3.18. The summed E-state index contributed by atoms with van der Waals surface area (Å²) in [5, 5.41) is 13.5. The largest absolute Gasteiger partial charge is 0.408 e. The second kappa shape index (κ2) is 3.80. The minimum absolute atomic E-state index is 0.0237. The third-order valence-electron chi connectivity index (χ3n) is 3.86. The van der Waals surface area contributed by atoms with Crippen molar-refractivity contribution in [3.8, 4) is 0 Å². The maximum Gasteiger partial charge on any atom is 0.322 e. The van der Waals surface area contributed by atoms with Gasteiger partial charge >= 0.3 is 6.01 Å². The molecule has 1 saturated carbocycles. The van der Waals surface area contributed by atoms with Gasteiger partial charge in [0.2, 0.25) is 11.8 Å². The number of hydrogen-bond acceptors (Lipinski definition) is 5. The van der Waals surface area contributed by atoms with Crippen molar-refractivity contribution in [2.75, 3.05) is 18.4 Å². The summed E-state index contributed by atoms with van der Waals surface area (Å²) in [7, 11) is 0. The molecule has 2 fully saturated rings. The molecule has 17 heavy (non-hydrogen) atoms. The van der Waals surface area contributed by atoms with E-state index in [1.54, 1.807) is 6.92 Å². The van der Waals surface area contributed by atoms with Gasteiger partial charge in [0.1, 0.15) is 0 Å². The Morgan fingerprint density at radius 2 is 2.24 bits per heavy atom. The lowest BCUT2D eigenvalue weighted by molar-refractivity contribution is -0.118. The molecule has 1 aromatic heterocycles. The quantitative estimate of drug-likeness (QED) is 0.790. The van der Waals surface area contributed by atoms with Gasteiger partial charge in [-0.15, -0.1) is 5.10 Å². The van der Waals surface area contributed by atoms with Crippen LogP contribution in [-0.2, 0) is 4.79 Å². The molecule has 2 N–H and O–H groups in total. The smallest absolute Gasteiger partial charge is 0.322 e. The first-order chi connectivity index (χ1) is 8.20. The molecule has 1 aromatic rings. The van der Waals surface area contributed by atoms with Crippen molar-refractivity contribution in [1.29, 1.82) is 0 Å². The minimum atomic E-state index is 0.0237. The maximum absolute atomic E-state index is 12.0. The molecule has 0 aromatic carbocycles. The van der Waals surface area contributed by atoms with E-state index < -0.39 is 0 Å². The van der Waals surface area contributed by atoms with Crippen LogP contribution >= 0.6 is 0 Å². The van der Waals surface area contributed by atoms with E-state index in [2.05, 4.69) is 20.8 Å². The van der Waals surface area contributed by atoms with Crippen LogP contribution in [-0.4, -0.2) is 29.2 Å². The van der Waals surface area contributed by atoms with Crippen LogP contribution in [0.25, 0.3) is 0 Å². The Bertz CT molecular complexity index is 436. The lowest BCUT2D eigenvalue weighted by Crippen LogP contribution is -2.31. The summed E-state index contributed by atoms with van der Waals surface area (Å²) >= 11 is 0. The van der Waals surface area contributed by atoms with Gasteiger partial charge in [-0.2, -0.15) is 0 Å². The molecule has 6 heteroatoms. The van der Waals surface area contributed by atoms with Gasteiger partial charge in [-0.25, -0.2) is 0 Å². The number of rotatable bonds is 2. The van der Waals surface area contributed by atoms with E-state index in [1.165, 1.54) is 0 Å². The molecule has 1 aliphatic heterocycles. The van der Waals surface area contributed by atoms with Gasteiger partial charge in [0, 0.05) is 12.8 Å². The van der Waals surface area contributed by atoms with Crippen LogP contribution in [0.1, 0.15) is 25.2 Å². The number of amides is 1. The number of aryl methyl sites for hydroxylation is 1. The van der Waals surface area contributed by atoms with Crippen molar-refractivity contribution < 1.29 is 9.21 Å². The highest BCUT2D eigenvalue weighted by molar-refractivity contribution is 5.93. The van der Waals surface area contributed by atoms with Crippen molar-refractivity contribution in [2.24, 2.45) is 11.3 Å². The highest BCUT2D eigenvalue weighted by Gasteiger charge is 2.57. The van der Waals surface area contributed by atoms with Gasteiger partial charge in [0.05, 0.1) is 0 Å². The Balaban J connectivity index is 1.61. The lowest BCUT2D eigenvalue weighted by Gasteiger charge is -2.22. The van der Waals surface area contributed by atoms with Crippen LogP contribution in [0.5, 0.6) is 0 Å². The fourth-order valence-electron chi connectivity index (χ4n) is 2.74. The summed E-state index contributed by atoms with van der Waals surface area (Å²) in [5.41, 5.74) is 0.240. The van der Waals surface area contributed by atoms with Crippen molar-refractivity contribution in [3.05, 3.63) is 5.89 Å². The number of nitrogens with zero attached hydrogens (tertiary/aromatic N) is 2. The normalized spacial score (nSPS) is 25.8. The monoisotopic (exact) mass is 236 g/mol. The molecular weight excluding hydrogens is 220 g/mol. The first kappa shape index (κ1) is 10.7. The molecule has 1 atom stereocenters. The third-order valence-corrected chi connectivity index (χ3v) is 3.86. The van der Waals surface area contributed by atoms with Gasteiger partial charge < -0.3 is 9.73 Å². The first-order valence-corrected chi connectivity index (χ1v) is 6.01. The number of nitrogens with one attached hydrogen (secondary N) is 2. The fraction of sp³-hybridized carbons (Fsp3) is 0.727. The average molecular weight is 236 g/mol. The fourth-order valence-corrected chi connectivity index (χ4v) is 2.74. The molecule has 1 amide bonds. The topological polar surface area (TPSA) is 80.0 Å². The Kier molecular flexibility index (Phi) is 2.39. The molecule has 1 saturated heterocycles. The molecule has 2 heterocycles. The van der Waals surface area contributed by atoms with Crippen LogP contribution in [0.3, 0.4) is 0 Å². The van der Waals surface area contributed by atoms with Gasteiger partial charge in [0.25, 0.3) is 0 Å². The molecule has 1 spiro atoms. The van der Waals surface area contributed by atoms with Gasteiger partial charge in [-0.05, 0) is 37.8 Å². The van der Waals surface area contributed by atoms with E-state index in [-0.39, 0.29) is 23.3 Å². The molecular formula is C11H16N4O2. The van der Waals surface area contributed by atoms with Crippen molar-refractivity contribution in [3.63, 3.8) is 0 Å². The summed E-state index contributed by atoms with van der Waals surface area (Å²) in [4.78, 5) is 12.0. The highest BCUT2D eigenvalue weighted by atomic mass is 16.4. The van der Waals surface area contributed by atoms with Crippen LogP contribution in [0.2, 0.25) is 0 Å². The molecule has 0 bridgehead atoms. The van der Waals surface area contributed by atoms with Gasteiger partial charge in [0.15, 0.2) is 0 Å². The number of aromatic nitrogens is 2. The van der Waals surface area contributed by atoms with E-state index in [9.17, 15) is 4.79 Å². The molecule has 6 nitrogen and oxygen atoms in total. The Morgan fingerprint density at radius 3 is 2.88 bits per heavy atom. The highest BCUT2D eigenvalue weighted by Crippen LogP contribution is 2.58. The zero-order chi connectivity index (χ0) is 11.9. The van der Waals surface area contributed by atoms with Crippen LogP contribution in [0.15, 0.2) is 4.42 Å². The molecule has 1 aliphatic carbocycles. The predicted molar refractivity (Wildman–Crippen MR) is 60.3 cm³/mol. The molecule has 3 rings (SSSR count). The second-order valence-corrected chi connectivity index (χ2v) is 4.98. The summed E-state index contributed by atoms with van der Waals surface area (Å²) in [6.45, 7) is 3.74. The number of carbonyl (C=O) groups is 1. The minimum Gasteiger partial charge on any atom is -0.408 e. The zero-order valence-electron chi connectivity index (χ0n) is 9.82. The SMILES string of the molecule is Cc1nnc(NC(=O)C2CC23CCNCC3)o1. The number of hydrogen-bond donors (Lipinski definition) is 2. The lowest BCUT2D eigenvalue weighted by atomic mass is 9.92. The van der Waals surface area contributed by atoms with E-state index in [4.69, 9.17) is 4.42 Å². The average Bonchev–Trinajstić information content (AvgIpc) is 2.85. The summed E-state index contributed by atoms with van der Waals surface area (Å²) < 4.78 is 5.14. The summed E-state index contributed by atoms with van der Waals surface area (Å²) in [5.74, 6) is 0.611. The van der Waals surface area contributed by atoms with E-state index in [0.717, 1.165) is 32.4 Å².